The van der Waals surface area contributed by atoms with Gasteiger partial charge in [-0.1, -0.05) is 57.2 Å². The van der Waals surface area contributed by atoms with Crippen LogP contribution in [-0.2, 0) is 36.6 Å². The summed E-state index contributed by atoms with van der Waals surface area (Å²) in [5.41, 5.74) is 3.83. The number of carbonyl (C=O) groups is 3. The van der Waals surface area contributed by atoms with Crippen LogP contribution in [0.4, 0.5) is 9.59 Å². The standard InChI is InChI=1S/C45H67N3O8Si/c1-30-33(15-14-16-38(30)53-24-23-52-11)26-47(34-21-22-34)40(49)39-36(32-19-17-31(18-20-32)29-54-57(12,13)45(8,9)10)25-35-27-46(41(50)55-43(2,3)4)28-37(39)48(35)42(51)56-44(5,6)7/h14-20,34-35,37H,21-29H2,1-13H3. The Morgan fingerprint density at radius 3 is 2.05 bits per heavy atom. The second-order valence-electron chi connectivity index (χ2n) is 19.3. The van der Waals surface area contributed by atoms with Gasteiger partial charge in [0, 0.05) is 38.4 Å². The van der Waals surface area contributed by atoms with Crippen molar-refractivity contribution in [1.29, 1.82) is 0 Å². The number of hydrogen-bond acceptors (Lipinski definition) is 8. The highest BCUT2D eigenvalue weighted by Crippen LogP contribution is 2.43. The Morgan fingerprint density at radius 1 is 0.842 bits per heavy atom. The maximum absolute atomic E-state index is 15.5. The van der Waals surface area contributed by atoms with Crippen LogP contribution in [0.15, 0.2) is 48.0 Å². The molecule has 2 aromatic rings. The molecule has 0 aromatic heterocycles. The lowest BCUT2D eigenvalue weighted by molar-refractivity contribution is -0.129. The first kappa shape index (κ1) is 44.2. The summed E-state index contributed by atoms with van der Waals surface area (Å²) in [7, 11) is -0.330. The molecule has 2 bridgehead atoms. The Hall–Kier alpha value is -3.87. The number of piperazine rings is 1. The first-order chi connectivity index (χ1) is 26.5. The van der Waals surface area contributed by atoms with E-state index in [1.807, 2.05) is 71.6 Å². The highest BCUT2D eigenvalue weighted by molar-refractivity contribution is 6.74. The molecule has 2 aromatic carbocycles. The maximum atomic E-state index is 15.5. The molecule has 2 unspecified atom stereocenters. The number of rotatable bonds is 12. The lowest BCUT2D eigenvalue weighted by atomic mass is 9.81. The number of ether oxygens (including phenoxy) is 4. The highest BCUT2D eigenvalue weighted by atomic mass is 28.4. The highest BCUT2D eigenvalue weighted by Gasteiger charge is 2.51. The van der Waals surface area contributed by atoms with E-state index < -0.39 is 43.8 Å². The zero-order valence-electron chi connectivity index (χ0n) is 36.7. The molecular formula is C45H67N3O8Si. The number of amides is 3. The average Bonchev–Trinajstić information content (AvgIpc) is 3.94. The lowest BCUT2D eigenvalue weighted by Gasteiger charge is -2.51. The van der Waals surface area contributed by atoms with Gasteiger partial charge in [0.15, 0.2) is 8.32 Å². The van der Waals surface area contributed by atoms with E-state index in [9.17, 15) is 9.59 Å². The van der Waals surface area contributed by atoms with Gasteiger partial charge in [0.05, 0.1) is 25.3 Å². The molecule has 3 aliphatic rings. The fourth-order valence-electron chi connectivity index (χ4n) is 7.12. The Balaban J connectivity index is 1.60. The van der Waals surface area contributed by atoms with Crippen molar-refractivity contribution in [2.24, 2.45) is 0 Å². The van der Waals surface area contributed by atoms with Crippen LogP contribution in [-0.4, -0.2) is 104 Å². The van der Waals surface area contributed by atoms with Gasteiger partial charge in [0.2, 0.25) is 0 Å². The first-order valence-electron chi connectivity index (χ1n) is 20.5. The van der Waals surface area contributed by atoms with Crippen LogP contribution >= 0.6 is 0 Å². The molecule has 314 valence electrons. The molecule has 0 spiro atoms. The topological polar surface area (TPSA) is 107 Å². The van der Waals surface area contributed by atoms with Crippen LogP contribution < -0.4 is 4.74 Å². The summed E-state index contributed by atoms with van der Waals surface area (Å²) in [5.74, 6) is 0.605. The SMILES string of the molecule is COCCOc1cccc(CN(C(=O)C2=C(c3ccc(CO[Si](C)(C)C(C)(C)C)cc3)CC3CN(C(=O)OC(C)(C)C)CC2N3C(=O)OC(C)(C)C)C2CC2)c1C. The van der Waals surface area contributed by atoms with Crippen molar-refractivity contribution < 1.29 is 37.8 Å². The molecule has 3 amide bonds. The van der Waals surface area contributed by atoms with Crippen molar-refractivity contribution in [3.63, 3.8) is 0 Å². The minimum absolute atomic E-state index is 0.0387. The number of hydrogen-bond donors (Lipinski definition) is 0. The molecule has 2 fully saturated rings. The van der Waals surface area contributed by atoms with Crippen LogP contribution in [0.5, 0.6) is 5.75 Å². The van der Waals surface area contributed by atoms with Crippen LogP contribution in [0.25, 0.3) is 5.57 Å². The number of benzene rings is 2. The van der Waals surface area contributed by atoms with Crippen LogP contribution in [0.2, 0.25) is 18.1 Å². The van der Waals surface area contributed by atoms with E-state index in [2.05, 4.69) is 58.1 Å². The van der Waals surface area contributed by atoms with Gasteiger partial charge in [-0.05, 0) is 120 Å². The Bertz CT molecular complexity index is 1800. The van der Waals surface area contributed by atoms with Crippen molar-refractivity contribution in [3.8, 4) is 5.75 Å². The molecule has 5 rings (SSSR count). The minimum atomic E-state index is -1.97. The van der Waals surface area contributed by atoms with E-state index in [0.29, 0.717) is 38.4 Å². The van der Waals surface area contributed by atoms with Crippen molar-refractivity contribution in [2.45, 2.75) is 149 Å². The number of nitrogens with zero attached hydrogens (tertiary/aromatic N) is 3. The lowest BCUT2D eigenvalue weighted by Crippen LogP contribution is -2.66. The molecule has 2 aliphatic heterocycles. The van der Waals surface area contributed by atoms with Gasteiger partial charge in [0.25, 0.3) is 5.91 Å². The Labute approximate surface area is 342 Å². The zero-order chi connectivity index (χ0) is 42.1. The third kappa shape index (κ3) is 11.0. The third-order valence-electron chi connectivity index (χ3n) is 11.4. The van der Waals surface area contributed by atoms with E-state index in [0.717, 1.165) is 46.4 Å². The smallest absolute Gasteiger partial charge is 0.411 e. The molecule has 0 radical (unpaired) electrons. The van der Waals surface area contributed by atoms with Crippen molar-refractivity contribution in [2.75, 3.05) is 33.4 Å². The summed E-state index contributed by atoms with van der Waals surface area (Å²) in [5, 5.41) is 0.0877. The van der Waals surface area contributed by atoms with Gasteiger partial charge < -0.3 is 33.2 Å². The fourth-order valence-corrected chi connectivity index (χ4v) is 8.08. The Morgan fingerprint density at radius 2 is 1.47 bits per heavy atom. The minimum Gasteiger partial charge on any atom is -0.491 e. The number of fused-ring (bicyclic) bond motifs is 2. The van der Waals surface area contributed by atoms with Gasteiger partial charge in [-0.25, -0.2) is 9.59 Å². The third-order valence-corrected chi connectivity index (χ3v) is 15.9. The first-order valence-corrected chi connectivity index (χ1v) is 23.4. The molecule has 57 heavy (non-hydrogen) atoms. The van der Waals surface area contributed by atoms with E-state index in [1.165, 1.54) is 0 Å². The number of carbonyl (C=O) groups excluding carboxylic acids is 3. The van der Waals surface area contributed by atoms with Crippen LogP contribution in [0, 0.1) is 6.92 Å². The summed E-state index contributed by atoms with van der Waals surface area (Å²) < 4.78 is 29.6. The average molecular weight is 806 g/mol. The van der Waals surface area contributed by atoms with E-state index >= 15 is 4.79 Å². The summed E-state index contributed by atoms with van der Waals surface area (Å²) in [6.45, 7) is 26.3. The second-order valence-corrected chi connectivity index (χ2v) is 24.1. The van der Waals surface area contributed by atoms with E-state index in [4.69, 9.17) is 23.4 Å². The molecule has 11 nitrogen and oxygen atoms in total. The van der Waals surface area contributed by atoms with Gasteiger partial charge >= 0.3 is 12.2 Å². The van der Waals surface area contributed by atoms with E-state index in [1.54, 1.807) is 16.9 Å². The largest absolute Gasteiger partial charge is 0.491 e. The zero-order valence-corrected chi connectivity index (χ0v) is 37.7. The predicted octanol–water partition coefficient (Wildman–Crippen LogP) is 9.12. The summed E-state index contributed by atoms with van der Waals surface area (Å²) in [6.07, 6.45) is 1.15. The van der Waals surface area contributed by atoms with Gasteiger partial charge in [0.1, 0.15) is 23.6 Å². The Kier molecular flexibility index (Phi) is 13.3. The summed E-state index contributed by atoms with van der Waals surface area (Å²) >= 11 is 0. The van der Waals surface area contributed by atoms with Crippen molar-refractivity contribution in [3.05, 3.63) is 70.3 Å². The number of methoxy groups -OCH3 is 1. The van der Waals surface area contributed by atoms with Crippen LogP contribution in [0.1, 0.15) is 104 Å². The summed E-state index contributed by atoms with van der Waals surface area (Å²) in [6, 6.07) is 13.1. The molecule has 1 saturated heterocycles. The fraction of sp³-hybridized carbons (Fsp3) is 0.622. The van der Waals surface area contributed by atoms with E-state index in [-0.39, 0.29) is 30.1 Å². The summed E-state index contributed by atoms with van der Waals surface area (Å²) in [4.78, 5) is 48.7. The molecule has 2 atom stereocenters. The molecule has 0 N–H and O–H groups in total. The van der Waals surface area contributed by atoms with Gasteiger partial charge in [-0.3, -0.25) is 9.69 Å². The molecule has 2 heterocycles. The molecule has 1 saturated carbocycles. The van der Waals surface area contributed by atoms with Gasteiger partial charge in [-0.2, -0.15) is 0 Å². The quantitative estimate of drug-likeness (QED) is 0.155. The van der Waals surface area contributed by atoms with Crippen LogP contribution in [0.3, 0.4) is 0 Å². The molecule has 1 aliphatic carbocycles. The normalized spacial score (nSPS) is 19.0. The molecular weight excluding hydrogens is 739 g/mol. The second kappa shape index (κ2) is 17.2. The maximum Gasteiger partial charge on any atom is 0.411 e. The molecule has 12 heteroatoms. The van der Waals surface area contributed by atoms with Gasteiger partial charge in [-0.15, -0.1) is 0 Å². The predicted molar refractivity (Wildman–Crippen MR) is 226 cm³/mol. The monoisotopic (exact) mass is 805 g/mol. The van der Waals surface area contributed by atoms with Crippen molar-refractivity contribution >= 4 is 32.0 Å². The van der Waals surface area contributed by atoms with Crippen molar-refractivity contribution in [1.82, 2.24) is 14.7 Å².